The van der Waals surface area contributed by atoms with Gasteiger partial charge in [0.1, 0.15) is 11.5 Å². The number of hydrogen-bond donors (Lipinski definition) is 0. The molecule has 0 radical (unpaired) electrons. The maximum Gasteiger partial charge on any atom is 0.137 e. The Morgan fingerprint density at radius 2 is 2.23 bits per heavy atom. The predicted octanol–water partition coefficient (Wildman–Crippen LogP) is 4.14. The summed E-state index contributed by atoms with van der Waals surface area (Å²) in [6.07, 6.45) is 8.91. The summed E-state index contributed by atoms with van der Waals surface area (Å²) in [6, 6.07) is 8.65. The monoisotopic (exact) mass is 299 g/mol. The van der Waals surface area contributed by atoms with E-state index in [-0.39, 0.29) is 0 Å². The van der Waals surface area contributed by atoms with Crippen molar-refractivity contribution in [2.75, 3.05) is 6.54 Å². The molecule has 0 spiro atoms. The van der Waals surface area contributed by atoms with Crippen molar-refractivity contribution in [3.05, 3.63) is 47.6 Å². The number of hydrogen-bond acceptors (Lipinski definition) is 4. The van der Waals surface area contributed by atoms with Crippen LogP contribution < -0.4 is 0 Å². The fourth-order valence-corrected chi connectivity index (χ4v) is 3.24. The SMILES string of the molecule is CCCc1cc([C@H]2CCCCCN2Cc2ccccn2)no1. The van der Waals surface area contributed by atoms with Crippen molar-refractivity contribution in [2.24, 2.45) is 0 Å². The first-order chi connectivity index (χ1) is 10.9. The maximum atomic E-state index is 5.51. The van der Waals surface area contributed by atoms with E-state index < -0.39 is 0 Å². The molecule has 0 saturated carbocycles. The number of aryl methyl sites for hydroxylation is 1. The van der Waals surface area contributed by atoms with Crippen molar-refractivity contribution >= 4 is 0 Å². The van der Waals surface area contributed by atoms with Gasteiger partial charge >= 0.3 is 0 Å². The number of aromatic nitrogens is 2. The van der Waals surface area contributed by atoms with Gasteiger partial charge in [-0.05, 0) is 37.9 Å². The van der Waals surface area contributed by atoms with Crippen LogP contribution >= 0.6 is 0 Å². The van der Waals surface area contributed by atoms with Gasteiger partial charge in [0.25, 0.3) is 0 Å². The minimum atomic E-state index is 0.360. The molecule has 0 bridgehead atoms. The normalized spacial score (nSPS) is 20.0. The summed E-state index contributed by atoms with van der Waals surface area (Å²) in [5.74, 6) is 1.01. The molecule has 0 unspecified atom stereocenters. The molecule has 3 heterocycles. The van der Waals surface area contributed by atoms with E-state index >= 15 is 0 Å². The van der Waals surface area contributed by atoms with Crippen LogP contribution in [0.2, 0.25) is 0 Å². The molecule has 2 aromatic heterocycles. The predicted molar refractivity (Wildman–Crippen MR) is 86.4 cm³/mol. The Morgan fingerprint density at radius 1 is 1.27 bits per heavy atom. The molecular weight excluding hydrogens is 274 g/mol. The summed E-state index contributed by atoms with van der Waals surface area (Å²) in [4.78, 5) is 7.00. The number of nitrogens with zero attached hydrogens (tertiary/aromatic N) is 3. The fraction of sp³-hybridized carbons (Fsp3) is 0.556. The summed E-state index contributed by atoms with van der Waals surface area (Å²) in [7, 11) is 0. The molecule has 0 amide bonds. The zero-order chi connectivity index (χ0) is 15.2. The third-order valence-corrected chi connectivity index (χ3v) is 4.37. The van der Waals surface area contributed by atoms with E-state index in [0.717, 1.165) is 49.5 Å². The van der Waals surface area contributed by atoms with Gasteiger partial charge in [0.15, 0.2) is 0 Å². The van der Waals surface area contributed by atoms with Crippen LogP contribution in [0.5, 0.6) is 0 Å². The third-order valence-electron chi connectivity index (χ3n) is 4.37. The number of pyridine rings is 1. The van der Waals surface area contributed by atoms with Gasteiger partial charge in [-0.1, -0.05) is 31.0 Å². The summed E-state index contributed by atoms with van der Waals surface area (Å²) in [5.41, 5.74) is 2.23. The zero-order valence-electron chi connectivity index (χ0n) is 13.4. The fourth-order valence-electron chi connectivity index (χ4n) is 3.24. The zero-order valence-corrected chi connectivity index (χ0v) is 13.4. The second-order valence-electron chi connectivity index (χ2n) is 6.12. The number of rotatable bonds is 5. The lowest BCUT2D eigenvalue weighted by Crippen LogP contribution is -2.28. The van der Waals surface area contributed by atoms with Crippen LogP contribution in [-0.4, -0.2) is 21.6 Å². The van der Waals surface area contributed by atoms with Crippen LogP contribution in [-0.2, 0) is 13.0 Å². The van der Waals surface area contributed by atoms with Crippen LogP contribution in [0.1, 0.15) is 62.2 Å². The highest BCUT2D eigenvalue weighted by Gasteiger charge is 2.25. The second kappa shape index (κ2) is 7.54. The van der Waals surface area contributed by atoms with Crippen LogP contribution in [0.3, 0.4) is 0 Å². The minimum absolute atomic E-state index is 0.360. The lowest BCUT2D eigenvalue weighted by molar-refractivity contribution is 0.181. The highest BCUT2D eigenvalue weighted by atomic mass is 16.5. The average molecular weight is 299 g/mol. The molecule has 22 heavy (non-hydrogen) atoms. The molecule has 1 fully saturated rings. The number of likely N-dealkylation sites (tertiary alicyclic amines) is 1. The summed E-state index contributed by atoms with van der Waals surface area (Å²) in [6.45, 7) is 4.17. The molecule has 3 rings (SSSR count). The highest BCUT2D eigenvalue weighted by Crippen LogP contribution is 2.31. The molecule has 1 atom stereocenters. The Hall–Kier alpha value is -1.68. The molecule has 1 saturated heterocycles. The van der Waals surface area contributed by atoms with E-state index in [4.69, 9.17) is 4.52 Å². The van der Waals surface area contributed by atoms with Crippen LogP contribution in [0.4, 0.5) is 0 Å². The summed E-state index contributed by atoms with van der Waals surface area (Å²) < 4.78 is 5.51. The van der Waals surface area contributed by atoms with Crippen molar-refractivity contribution in [3.8, 4) is 0 Å². The quantitative estimate of drug-likeness (QED) is 0.832. The van der Waals surface area contributed by atoms with Gasteiger partial charge in [-0.15, -0.1) is 0 Å². The van der Waals surface area contributed by atoms with Crippen molar-refractivity contribution in [1.29, 1.82) is 0 Å². The van der Waals surface area contributed by atoms with E-state index in [1.54, 1.807) is 0 Å². The Morgan fingerprint density at radius 3 is 3.05 bits per heavy atom. The van der Waals surface area contributed by atoms with E-state index in [9.17, 15) is 0 Å². The lowest BCUT2D eigenvalue weighted by Gasteiger charge is -2.27. The van der Waals surface area contributed by atoms with Gasteiger partial charge in [-0.2, -0.15) is 0 Å². The molecule has 1 aliphatic rings. The Balaban J connectivity index is 1.77. The molecule has 0 N–H and O–H groups in total. The van der Waals surface area contributed by atoms with Gasteiger partial charge < -0.3 is 4.52 Å². The van der Waals surface area contributed by atoms with Crippen LogP contribution in [0, 0.1) is 0 Å². The minimum Gasteiger partial charge on any atom is -0.361 e. The Labute approximate surface area is 132 Å². The molecule has 118 valence electrons. The van der Waals surface area contributed by atoms with Crippen molar-refractivity contribution in [1.82, 2.24) is 15.0 Å². The molecule has 1 aliphatic heterocycles. The van der Waals surface area contributed by atoms with E-state index in [2.05, 4.69) is 40.2 Å². The van der Waals surface area contributed by atoms with Gasteiger partial charge in [0, 0.05) is 25.2 Å². The van der Waals surface area contributed by atoms with E-state index in [1.165, 1.54) is 19.3 Å². The first-order valence-electron chi connectivity index (χ1n) is 8.46. The topological polar surface area (TPSA) is 42.2 Å². The van der Waals surface area contributed by atoms with Gasteiger partial charge in [0.2, 0.25) is 0 Å². The second-order valence-corrected chi connectivity index (χ2v) is 6.12. The summed E-state index contributed by atoms with van der Waals surface area (Å²) >= 11 is 0. The first-order valence-corrected chi connectivity index (χ1v) is 8.46. The molecule has 4 nitrogen and oxygen atoms in total. The van der Waals surface area contributed by atoms with Gasteiger partial charge in [-0.25, -0.2) is 0 Å². The summed E-state index contributed by atoms with van der Waals surface area (Å²) in [5, 5.41) is 4.35. The van der Waals surface area contributed by atoms with Crippen molar-refractivity contribution in [2.45, 2.75) is 58.0 Å². The molecule has 0 aliphatic carbocycles. The Kier molecular flexibility index (Phi) is 5.22. The molecule has 0 aromatic carbocycles. The average Bonchev–Trinajstić information content (AvgIpc) is 2.88. The van der Waals surface area contributed by atoms with E-state index in [0.29, 0.717) is 6.04 Å². The van der Waals surface area contributed by atoms with Crippen molar-refractivity contribution in [3.63, 3.8) is 0 Å². The third kappa shape index (κ3) is 3.74. The van der Waals surface area contributed by atoms with Crippen LogP contribution in [0.15, 0.2) is 35.0 Å². The van der Waals surface area contributed by atoms with Crippen molar-refractivity contribution < 1.29 is 4.52 Å². The van der Waals surface area contributed by atoms with Gasteiger partial charge in [0.05, 0.1) is 11.7 Å². The molecule has 2 aromatic rings. The molecular formula is C18H25N3O. The lowest BCUT2D eigenvalue weighted by atomic mass is 10.1. The van der Waals surface area contributed by atoms with Gasteiger partial charge in [-0.3, -0.25) is 9.88 Å². The van der Waals surface area contributed by atoms with E-state index in [1.807, 2.05) is 12.3 Å². The largest absolute Gasteiger partial charge is 0.361 e. The highest BCUT2D eigenvalue weighted by molar-refractivity contribution is 5.12. The standard InChI is InChI=1S/C18H25N3O/c1-2-8-16-13-17(20-22-16)18-10-4-3-7-12-21(18)14-15-9-5-6-11-19-15/h5-6,9,11,13,18H,2-4,7-8,10,12,14H2,1H3/t18-/m1/s1. The Bertz CT molecular complexity index is 567. The van der Waals surface area contributed by atoms with Crippen LogP contribution in [0.25, 0.3) is 0 Å². The smallest absolute Gasteiger partial charge is 0.137 e. The molecule has 4 heteroatoms. The first kappa shape index (κ1) is 15.2. The maximum absolute atomic E-state index is 5.51.